The van der Waals surface area contributed by atoms with Gasteiger partial charge in [-0.15, -0.1) is 5.10 Å². The Bertz CT molecular complexity index is 2110. The van der Waals surface area contributed by atoms with E-state index in [4.69, 9.17) is 18.6 Å². The number of H-pyrrole nitrogens is 1. The van der Waals surface area contributed by atoms with Gasteiger partial charge in [-0.05, 0) is 42.8 Å². The third-order valence-corrected chi connectivity index (χ3v) is 8.91. The van der Waals surface area contributed by atoms with E-state index in [0.717, 1.165) is 5.56 Å². The smallest absolute Gasteiger partial charge is 0.295 e. The molecule has 1 aliphatic rings. The number of methoxy groups -OCH3 is 1. The molecule has 0 aliphatic carbocycles. The molecule has 6 rings (SSSR count). The highest BCUT2D eigenvalue weighted by Gasteiger charge is 2.28. The first-order valence-electron chi connectivity index (χ1n) is 17.6. The number of anilines is 1. The number of hydrogen-bond donors (Lipinski definition) is 3. The van der Waals surface area contributed by atoms with Gasteiger partial charge in [0.15, 0.2) is 5.78 Å². The van der Waals surface area contributed by atoms with E-state index in [9.17, 15) is 24.5 Å². The first kappa shape index (κ1) is 37.8. The molecule has 3 N–H and O–H groups in total. The van der Waals surface area contributed by atoms with Crippen LogP contribution in [0.5, 0.6) is 5.75 Å². The largest absolute Gasteiger partial charge is 0.496 e. The number of ketones is 2. The lowest BCUT2D eigenvalue weighted by atomic mass is 10.0. The summed E-state index contributed by atoms with van der Waals surface area (Å²) in [6.07, 6.45) is 3.86. The molecule has 1 fully saturated rings. The van der Waals surface area contributed by atoms with Crippen molar-refractivity contribution in [1.29, 1.82) is 0 Å². The van der Waals surface area contributed by atoms with Gasteiger partial charge in [-0.25, -0.2) is 4.68 Å². The van der Waals surface area contributed by atoms with Gasteiger partial charge in [0.25, 0.3) is 17.4 Å². The second-order valence-electron chi connectivity index (χ2n) is 12.7. The Labute approximate surface area is 310 Å². The summed E-state index contributed by atoms with van der Waals surface area (Å²) < 4.78 is 24.5. The van der Waals surface area contributed by atoms with Gasteiger partial charge in [0.1, 0.15) is 35.3 Å². The Morgan fingerprint density at radius 3 is 2.70 bits per heavy atom. The molecule has 5 aromatic rings. The van der Waals surface area contributed by atoms with Crippen LogP contribution in [0.25, 0.3) is 22.2 Å². The Morgan fingerprint density at radius 2 is 1.91 bits per heavy atom. The third-order valence-electron chi connectivity index (χ3n) is 8.91. The van der Waals surface area contributed by atoms with Gasteiger partial charge < -0.3 is 39.1 Å². The number of carbonyl (C=O) groups excluding carboxylic acids is 3. The van der Waals surface area contributed by atoms with Crippen LogP contribution >= 0.6 is 0 Å². The van der Waals surface area contributed by atoms with E-state index >= 15 is 0 Å². The molecule has 0 radical (unpaired) electrons. The van der Waals surface area contributed by atoms with Gasteiger partial charge in [-0.3, -0.25) is 24.5 Å². The van der Waals surface area contributed by atoms with Crippen molar-refractivity contribution in [1.82, 2.24) is 30.2 Å². The summed E-state index contributed by atoms with van der Waals surface area (Å²) >= 11 is 0. The van der Waals surface area contributed by atoms with Crippen molar-refractivity contribution in [2.75, 3.05) is 65.0 Å². The minimum absolute atomic E-state index is 0.0193. The summed E-state index contributed by atoms with van der Waals surface area (Å²) in [4.78, 5) is 54.4. The van der Waals surface area contributed by atoms with Crippen molar-refractivity contribution in [3.63, 3.8) is 0 Å². The Balaban J connectivity index is 0.924. The molecule has 1 amide bonds. The number of Topliss-reactive ketones (excluding diaryl/α,β-unsaturated/α-hetero) is 2. The maximum absolute atomic E-state index is 13.3. The topological polar surface area (TPSA) is 209 Å². The number of piperazine rings is 1. The predicted octanol–water partition coefficient (Wildman–Crippen LogP) is 3.71. The summed E-state index contributed by atoms with van der Waals surface area (Å²) in [5, 5.41) is 26.1. The zero-order valence-electron chi connectivity index (χ0n) is 30.1. The molecule has 1 saturated heterocycles. The van der Waals surface area contributed by atoms with Crippen molar-refractivity contribution in [2.45, 2.75) is 32.9 Å². The number of carbonyl (C=O) groups is 3. The van der Waals surface area contributed by atoms with E-state index in [1.807, 2.05) is 6.07 Å². The molecular formula is C37H42N8O9. The number of nitro groups is 1. The Morgan fingerprint density at radius 1 is 1.07 bits per heavy atom. The van der Waals surface area contributed by atoms with Gasteiger partial charge in [0.2, 0.25) is 0 Å². The van der Waals surface area contributed by atoms with E-state index in [0.29, 0.717) is 97.4 Å². The van der Waals surface area contributed by atoms with E-state index in [-0.39, 0.29) is 43.3 Å². The lowest BCUT2D eigenvalue weighted by Crippen LogP contribution is -2.48. The number of nitrogens with one attached hydrogen (secondary N) is 3. The third kappa shape index (κ3) is 9.17. The maximum Gasteiger partial charge on any atom is 0.295 e. The van der Waals surface area contributed by atoms with Crippen LogP contribution in [-0.4, -0.2) is 107 Å². The van der Waals surface area contributed by atoms with Gasteiger partial charge in [-0.2, -0.15) is 0 Å². The fourth-order valence-electron chi connectivity index (χ4n) is 6.13. The number of rotatable bonds is 19. The molecule has 284 valence electrons. The summed E-state index contributed by atoms with van der Waals surface area (Å²) in [5.41, 5.74) is 3.40. The molecule has 0 unspecified atom stereocenters. The summed E-state index contributed by atoms with van der Waals surface area (Å²) in [6, 6.07) is 12.2. The number of nitro benzene ring substituents is 1. The SMILES string of the molecule is COc1ccc(-c2ccc(CCC(=O)COCCn3cc(COCCNc4ccc(C)cc4[N+](=O)[O-])nn3)o2)c2[nH]cc(C(=O)C(=O)N3CCNCC3)c12. The standard InChI is InChI=1S/C37H42N8O9/c1-24-3-8-30(31(19-24)45(49)50)39-13-17-52-22-25-21-44(42-41-25)16-18-53-23-26(46)4-5-27-6-9-32(54-27)28-7-10-33(51-2)34-29(20-40-35(28)34)36(47)37(48)43-14-11-38-12-15-43/h3,6-10,19-21,38-40H,4-5,11-18,22-23H2,1-2H3. The van der Waals surface area contributed by atoms with Crippen LogP contribution in [-0.2, 0) is 38.6 Å². The van der Waals surface area contributed by atoms with Gasteiger partial charge in [0.05, 0.1) is 61.1 Å². The number of aromatic amines is 1. The Kier molecular flexibility index (Phi) is 12.4. The zero-order chi connectivity index (χ0) is 38.0. The zero-order valence-corrected chi connectivity index (χ0v) is 30.1. The molecule has 17 nitrogen and oxygen atoms in total. The highest BCUT2D eigenvalue weighted by atomic mass is 16.6. The molecule has 1 aliphatic heterocycles. The van der Waals surface area contributed by atoms with Crippen LogP contribution in [0, 0.1) is 17.0 Å². The lowest BCUT2D eigenvalue weighted by molar-refractivity contribution is -0.384. The molecule has 3 aromatic heterocycles. The quantitative estimate of drug-likeness (QED) is 0.0363. The van der Waals surface area contributed by atoms with Crippen LogP contribution < -0.4 is 15.4 Å². The van der Waals surface area contributed by atoms with Crippen molar-refractivity contribution in [3.05, 3.63) is 87.6 Å². The number of amides is 1. The highest BCUT2D eigenvalue weighted by Crippen LogP contribution is 2.37. The fraction of sp³-hybridized carbons (Fsp3) is 0.378. The molecule has 17 heteroatoms. The highest BCUT2D eigenvalue weighted by molar-refractivity contribution is 6.45. The average molecular weight is 743 g/mol. The second kappa shape index (κ2) is 17.7. The molecular weight excluding hydrogens is 700 g/mol. The first-order chi connectivity index (χ1) is 26.2. The number of aromatic nitrogens is 4. The minimum Gasteiger partial charge on any atom is -0.496 e. The predicted molar refractivity (Wildman–Crippen MR) is 196 cm³/mol. The lowest BCUT2D eigenvalue weighted by Gasteiger charge is -2.26. The fourth-order valence-corrected chi connectivity index (χ4v) is 6.13. The Hall–Kier alpha value is -5.91. The van der Waals surface area contributed by atoms with Crippen molar-refractivity contribution in [3.8, 4) is 17.1 Å². The second-order valence-corrected chi connectivity index (χ2v) is 12.7. The van der Waals surface area contributed by atoms with E-state index in [1.165, 1.54) is 19.4 Å². The number of benzene rings is 2. The van der Waals surface area contributed by atoms with E-state index < -0.39 is 16.6 Å². The van der Waals surface area contributed by atoms with Crippen molar-refractivity contribution >= 4 is 39.8 Å². The summed E-state index contributed by atoms with van der Waals surface area (Å²) in [7, 11) is 1.51. The molecule has 54 heavy (non-hydrogen) atoms. The summed E-state index contributed by atoms with van der Waals surface area (Å²) in [5.74, 6) is 0.373. The van der Waals surface area contributed by atoms with Crippen LogP contribution in [0.4, 0.5) is 11.4 Å². The number of furan rings is 1. The number of aryl methyl sites for hydroxylation is 2. The van der Waals surface area contributed by atoms with Crippen LogP contribution in [0.3, 0.4) is 0 Å². The molecule has 0 bridgehead atoms. The van der Waals surface area contributed by atoms with E-state index in [1.54, 1.807) is 53.0 Å². The summed E-state index contributed by atoms with van der Waals surface area (Å²) in [6.45, 7) is 5.52. The average Bonchev–Trinajstić information content (AvgIpc) is 3.96. The van der Waals surface area contributed by atoms with Crippen molar-refractivity contribution < 1.29 is 37.9 Å². The van der Waals surface area contributed by atoms with Crippen LogP contribution in [0.1, 0.15) is 33.8 Å². The molecule has 0 atom stereocenters. The maximum atomic E-state index is 13.3. The van der Waals surface area contributed by atoms with Gasteiger partial charge in [0, 0.05) is 63.4 Å². The van der Waals surface area contributed by atoms with Crippen molar-refractivity contribution in [2.24, 2.45) is 0 Å². The molecule has 0 spiro atoms. The van der Waals surface area contributed by atoms with Gasteiger partial charge in [-0.1, -0.05) is 11.3 Å². The monoisotopic (exact) mass is 742 g/mol. The molecule has 4 heterocycles. The molecule has 2 aromatic carbocycles. The van der Waals surface area contributed by atoms with Crippen LogP contribution in [0.2, 0.25) is 0 Å². The normalized spacial score (nSPS) is 13.0. The number of fused-ring (bicyclic) bond motifs is 1. The van der Waals surface area contributed by atoms with E-state index in [2.05, 4.69) is 25.9 Å². The minimum atomic E-state index is -0.604. The first-order valence-corrected chi connectivity index (χ1v) is 17.6. The molecule has 0 saturated carbocycles. The number of ether oxygens (including phenoxy) is 3. The number of nitrogens with zero attached hydrogens (tertiary/aromatic N) is 5. The van der Waals surface area contributed by atoms with Crippen LogP contribution in [0.15, 0.2) is 59.3 Å². The number of hydrogen-bond acceptors (Lipinski definition) is 13. The van der Waals surface area contributed by atoms with Gasteiger partial charge >= 0.3 is 0 Å².